The van der Waals surface area contributed by atoms with Crippen molar-refractivity contribution in [2.24, 2.45) is 0 Å². The normalized spacial score (nSPS) is 14.7. The van der Waals surface area contributed by atoms with E-state index in [4.69, 9.17) is 14.2 Å². The van der Waals surface area contributed by atoms with Gasteiger partial charge in [-0.05, 0) is 23.6 Å². The van der Waals surface area contributed by atoms with Gasteiger partial charge in [0.15, 0.2) is 5.76 Å². The first-order valence-electron chi connectivity index (χ1n) is 10.6. The molecule has 7 heteroatoms. The first-order chi connectivity index (χ1) is 15.7. The third-order valence-corrected chi connectivity index (χ3v) is 4.83. The number of carbonyl (C=O) groups is 1. The zero-order valence-corrected chi connectivity index (χ0v) is 17.9. The van der Waals surface area contributed by atoms with E-state index >= 15 is 0 Å². The van der Waals surface area contributed by atoms with E-state index in [1.54, 1.807) is 10.8 Å². The predicted molar refractivity (Wildman–Crippen MR) is 118 cm³/mol. The molecule has 0 spiro atoms. The Morgan fingerprint density at radius 3 is 2.19 bits per heavy atom. The molecule has 0 aliphatic carbocycles. The Kier molecular flexibility index (Phi) is 6.97. The number of allylic oxidation sites excluding steroid dienone is 1. The van der Waals surface area contributed by atoms with Crippen molar-refractivity contribution in [3.8, 4) is 0 Å². The summed E-state index contributed by atoms with van der Waals surface area (Å²) in [4.78, 5) is 12.6. The van der Waals surface area contributed by atoms with Crippen molar-refractivity contribution in [3.63, 3.8) is 0 Å². The average molecular weight is 431 g/mol. The molecule has 32 heavy (non-hydrogen) atoms. The topological polar surface area (TPSA) is 75.5 Å². The Balaban J connectivity index is 1.54. The minimum absolute atomic E-state index is 0.0706. The molecule has 3 aromatic rings. The highest BCUT2D eigenvalue weighted by molar-refractivity contribution is 5.91. The van der Waals surface area contributed by atoms with Gasteiger partial charge in [0, 0.05) is 6.20 Å². The number of benzene rings is 2. The van der Waals surface area contributed by atoms with Crippen LogP contribution in [0.3, 0.4) is 0 Å². The maximum Gasteiger partial charge on any atom is 0.383 e. The summed E-state index contributed by atoms with van der Waals surface area (Å²) in [5.74, 6) is 0.118. The SMILES string of the molecule is CCCc1cn(C/C=C2\OC(=O)C(OCc3ccccc3)=C2OCc2ccccc2)nn1. The van der Waals surface area contributed by atoms with Crippen LogP contribution < -0.4 is 0 Å². The average Bonchev–Trinajstić information content (AvgIpc) is 3.40. The van der Waals surface area contributed by atoms with Crippen LogP contribution in [0, 0.1) is 0 Å². The predicted octanol–water partition coefficient (Wildman–Crippen LogP) is 4.32. The van der Waals surface area contributed by atoms with Crippen LogP contribution in [-0.2, 0) is 45.2 Å². The van der Waals surface area contributed by atoms with E-state index < -0.39 is 5.97 Å². The van der Waals surface area contributed by atoms with Crippen molar-refractivity contribution in [1.82, 2.24) is 15.0 Å². The lowest BCUT2D eigenvalue weighted by Crippen LogP contribution is -2.04. The lowest BCUT2D eigenvalue weighted by Gasteiger charge is -2.10. The Hall–Kier alpha value is -3.87. The van der Waals surface area contributed by atoms with E-state index in [0.29, 0.717) is 18.1 Å². The van der Waals surface area contributed by atoms with Crippen LogP contribution in [0.1, 0.15) is 30.2 Å². The summed E-state index contributed by atoms with van der Waals surface area (Å²) < 4.78 is 19.0. The molecule has 2 heterocycles. The molecule has 7 nitrogen and oxygen atoms in total. The van der Waals surface area contributed by atoms with E-state index in [9.17, 15) is 4.79 Å². The van der Waals surface area contributed by atoms with E-state index in [1.165, 1.54) is 0 Å². The number of ether oxygens (including phenoxy) is 3. The smallest absolute Gasteiger partial charge is 0.383 e. The lowest BCUT2D eigenvalue weighted by atomic mass is 10.2. The van der Waals surface area contributed by atoms with Crippen molar-refractivity contribution < 1.29 is 19.0 Å². The molecule has 164 valence electrons. The molecular weight excluding hydrogens is 406 g/mol. The van der Waals surface area contributed by atoms with Gasteiger partial charge in [-0.3, -0.25) is 0 Å². The van der Waals surface area contributed by atoms with E-state index in [-0.39, 0.29) is 19.0 Å². The molecule has 0 radical (unpaired) electrons. The Morgan fingerprint density at radius 2 is 1.56 bits per heavy atom. The molecule has 0 bridgehead atoms. The first kappa shape index (κ1) is 21.4. The standard InChI is InChI=1S/C25H25N3O4/c1-2-9-21-16-28(27-26-21)15-14-22-23(30-17-19-10-5-3-6-11-19)24(25(29)32-22)31-18-20-12-7-4-8-13-20/h3-8,10-14,16H,2,9,15,17-18H2,1H3/b22-14-. The Bertz CT molecular complexity index is 1100. The minimum Gasteiger partial charge on any atom is -0.481 e. The number of aryl methyl sites for hydroxylation is 1. The molecule has 0 fully saturated rings. The van der Waals surface area contributed by atoms with Gasteiger partial charge in [0.05, 0.1) is 12.2 Å². The van der Waals surface area contributed by atoms with E-state index in [2.05, 4.69) is 17.2 Å². The van der Waals surface area contributed by atoms with Crippen LogP contribution in [0.25, 0.3) is 0 Å². The molecule has 0 saturated heterocycles. The summed E-state index contributed by atoms with van der Waals surface area (Å²) in [6.45, 7) is 3.01. The van der Waals surface area contributed by atoms with Crippen LogP contribution >= 0.6 is 0 Å². The fraction of sp³-hybridized carbons (Fsp3) is 0.240. The van der Waals surface area contributed by atoms with Crippen molar-refractivity contribution in [2.75, 3.05) is 0 Å². The van der Waals surface area contributed by atoms with Crippen molar-refractivity contribution in [3.05, 3.63) is 107 Å². The van der Waals surface area contributed by atoms with Gasteiger partial charge in [-0.15, -0.1) is 5.10 Å². The molecular formula is C25H25N3O4. The van der Waals surface area contributed by atoms with Gasteiger partial charge >= 0.3 is 5.97 Å². The number of nitrogens with zero attached hydrogens (tertiary/aromatic N) is 3. The quantitative estimate of drug-likeness (QED) is 0.445. The van der Waals surface area contributed by atoms with Gasteiger partial charge in [0.25, 0.3) is 5.76 Å². The van der Waals surface area contributed by atoms with Crippen LogP contribution in [0.4, 0.5) is 0 Å². The third kappa shape index (κ3) is 5.43. The number of rotatable bonds is 10. The number of esters is 1. The zero-order valence-electron chi connectivity index (χ0n) is 17.9. The number of aromatic nitrogens is 3. The second-order valence-corrected chi connectivity index (χ2v) is 7.35. The second-order valence-electron chi connectivity index (χ2n) is 7.35. The maximum atomic E-state index is 12.6. The van der Waals surface area contributed by atoms with E-state index in [0.717, 1.165) is 29.7 Å². The largest absolute Gasteiger partial charge is 0.481 e. The fourth-order valence-corrected chi connectivity index (χ4v) is 3.23. The highest BCUT2D eigenvalue weighted by atomic mass is 16.6. The number of hydrogen-bond donors (Lipinski definition) is 0. The summed E-state index contributed by atoms with van der Waals surface area (Å²) in [6, 6.07) is 19.4. The van der Waals surface area contributed by atoms with E-state index in [1.807, 2.05) is 66.9 Å². The summed E-state index contributed by atoms with van der Waals surface area (Å²) in [5.41, 5.74) is 2.84. The minimum atomic E-state index is -0.569. The van der Waals surface area contributed by atoms with Crippen molar-refractivity contribution >= 4 is 5.97 Å². The molecule has 2 aromatic carbocycles. The summed E-state index contributed by atoms with van der Waals surface area (Å²) >= 11 is 0. The van der Waals surface area contributed by atoms with Gasteiger partial charge in [0.1, 0.15) is 13.2 Å². The number of carbonyl (C=O) groups excluding carboxylic acids is 1. The monoisotopic (exact) mass is 431 g/mol. The maximum absolute atomic E-state index is 12.6. The summed E-state index contributed by atoms with van der Waals surface area (Å²) in [7, 11) is 0. The fourth-order valence-electron chi connectivity index (χ4n) is 3.23. The number of cyclic esters (lactones) is 1. The van der Waals surface area contributed by atoms with Crippen molar-refractivity contribution in [1.29, 1.82) is 0 Å². The Labute approximate surface area is 186 Å². The molecule has 4 rings (SSSR count). The molecule has 0 atom stereocenters. The van der Waals surface area contributed by atoms with Crippen LogP contribution in [0.15, 0.2) is 90.2 Å². The van der Waals surface area contributed by atoms with Crippen molar-refractivity contribution in [2.45, 2.75) is 39.5 Å². The van der Waals surface area contributed by atoms with Gasteiger partial charge in [-0.2, -0.15) is 0 Å². The molecule has 0 unspecified atom stereocenters. The second kappa shape index (κ2) is 10.4. The zero-order chi connectivity index (χ0) is 22.2. The molecule has 0 saturated carbocycles. The summed E-state index contributed by atoms with van der Waals surface area (Å²) in [5, 5.41) is 8.27. The summed E-state index contributed by atoms with van der Waals surface area (Å²) in [6.07, 6.45) is 5.51. The van der Waals surface area contributed by atoms with Gasteiger partial charge in [0.2, 0.25) is 5.76 Å². The molecule has 1 aliphatic rings. The highest BCUT2D eigenvalue weighted by Crippen LogP contribution is 2.30. The number of hydrogen-bond acceptors (Lipinski definition) is 6. The van der Waals surface area contributed by atoms with Gasteiger partial charge < -0.3 is 14.2 Å². The van der Waals surface area contributed by atoms with Crippen LogP contribution in [0.5, 0.6) is 0 Å². The molecule has 1 aliphatic heterocycles. The van der Waals surface area contributed by atoms with Crippen LogP contribution in [0.2, 0.25) is 0 Å². The Morgan fingerprint density at radius 1 is 0.938 bits per heavy atom. The van der Waals surface area contributed by atoms with Gasteiger partial charge in [-0.1, -0.05) is 79.2 Å². The lowest BCUT2D eigenvalue weighted by molar-refractivity contribution is -0.136. The highest BCUT2D eigenvalue weighted by Gasteiger charge is 2.34. The molecule has 0 amide bonds. The third-order valence-electron chi connectivity index (χ3n) is 4.83. The van der Waals surface area contributed by atoms with Gasteiger partial charge in [-0.25, -0.2) is 9.48 Å². The molecule has 1 aromatic heterocycles. The first-order valence-corrected chi connectivity index (χ1v) is 10.6. The van der Waals surface area contributed by atoms with Crippen LogP contribution in [-0.4, -0.2) is 21.0 Å². The molecule has 0 N–H and O–H groups in total.